The Hall–Kier alpha value is -3.95. The molecule has 43 heavy (non-hydrogen) atoms. The quantitative estimate of drug-likeness (QED) is 0.376. The van der Waals surface area contributed by atoms with Gasteiger partial charge in [0.1, 0.15) is 17.6 Å². The van der Waals surface area contributed by atoms with E-state index in [9.17, 15) is 19.5 Å². The zero-order valence-electron chi connectivity index (χ0n) is 24.7. The van der Waals surface area contributed by atoms with E-state index in [-0.39, 0.29) is 31.6 Å². The molecule has 9 nitrogen and oxygen atoms in total. The molecule has 2 fully saturated rings. The third kappa shape index (κ3) is 4.94. The molecule has 9 heteroatoms. The maximum absolute atomic E-state index is 14.7. The van der Waals surface area contributed by atoms with Crippen molar-refractivity contribution in [3.8, 4) is 0 Å². The Balaban J connectivity index is 1.43. The number of esters is 1. The Labute approximate surface area is 252 Å². The van der Waals surface area contributed by atoms with Crippen molar-refractivity contribution in [1.82, 2.24) is 4.90 Å². The number of ether oxygens (including phenoxy) is 2. The topological polar surface area (TPSA) is 99.6 Å². The van der Waals surface area contributed by atoms with Crippen molar-refractivity contribution in [2.75, 3.05) is 42.6 Å². The van der Waals surface area contributed by atoms with Crippen molar-refractivity contribution in [3.05, 3.63) is 84.5 Å². The average molecular weight is 586 g/mol. The summed E-state index contributed by atoms with van der Waals surface area (Å²) in [5, 5.41) is 10.7. The highest BCUT2D eigenvalue weighted by molar-refractivity contribution is 6.05. The van der Waals surface area contributed by atoms with Crippen LogP contribution in [0.15, 0.2) is 78.9 Å². The molecule has 0 aliphatic carbocycles. The molecule has 1 N–H and O–H groups in total. The molecule has 4 aliphatic rings. The molecule has 4 heterocycles. The van der Waals surface area contributed by atoms with Crippen molar-refractivity contribution < 1.29 is 29.0 Å². The van der Waals surface area contributed by atoms with Crippen molar-refractivity contribution in [2.45, 2.75) is 50.5 Å². The summed E-state index contributed by atoms with van der Waals surface area (Å²) in [4.78, 5) is 48.0. The Morgan fingerprint density at radius 2 is 1.74 bits per heavy atom. The van der Waals surface area contributed by atoms with E-state index in [1.165, 1.54) is 4.90 Å². The number of amides is 2. The lowest BCUT2D eigenvalue weighted by atomic mass is 9.77. The van der Waals surface area contributed by atoms with Gasteiger partial charge in [0, 0.05) is 31.0 Å². The number of rotatable bonds is 8. The second-order valence-electron chi connectivity index (χ2n) is 11.5. The van der Waals surface area contributed by atoms with Crippen LogP contribution in [0, 0.1) is 11.8 Å². The smallest absolute Gasteiger partial charge is 0.312 e. The van der Waals surface area contributed by atoms with Gasteiger partial charge in [-0.15, -0.1) is 0 Å². The number of anilines is 2. The molecule has 0 bridgehead atoms. The van der Waals surface area contributed by atoms with E-state index in [0.717, 1.165) is 24.3 Å². The number of hydrogen-bond donors (Lipinski definition) is 1. The standard InChI is InChI=1S/C34H39N3O6/c1-3-35(4-2)24-14-16-25(17-15-24)36-19-10-18-34-29(28-27(43-34)13-8-9-20-42-33(28)41)31(39)37(30(34)32(36)40)26(22-38)21-23-11-6-5-7-12-23/h5-8,10-18,26-30,38H,3-4,9,19-22H2,1-2H3/t26-,27-,28+,29+,30?,34+/m1/s1. The molecule has 0 radical (unpaired) electrons. The van der Waals surface area contributed by atoms with Gasteiger partial charge in [0.25, 0.3) is 5.91 Å². The Morgan fingerprint density at radius 3 is 2.44 bits per heavy atom. The molecule has 2 amide bonds. The van der Waals surface area contributed by atoms with Crippen LogP contribution in [0.1, 0.15) is 25.8 Å². The molecule has 2 aromatic rings. The predicted octanol–water partition coefficient (Wildman–Crippen LogP) is 3.12. The van der Waals surface area contributed by atoms with Crippen molar-refractivity contribution in [1.29, 1.82) is 0 Å². The van der Waals surface area contributed by atoms with Crippen LogP contribution in [0.5, 0.6) is 0 Å². The van der Waals surface area contributed by atoms with Crippen molar-refractivity contribution >= 4 is 29.2 Å². The van der Waals surface area contributed by atoms with Crippen LogP contribution in [-0.4, -0.2) is 84.4 Å². The highest BCUT2D eigenvalue weighted by atomic mass is 16.6. The lowest BCUT2D eigenvalue weighted by Crippen LogP contribution is -2.58. The monoisotopic (exact) mass is 585 g/mol. The van der Waals surface area contributed by atoms with Crippen LogP contribution in [0.2, 0.25) is 0 Å². The van der Waals surface area contributed by atoms with Gasteiger partial charge in [-0.05, 0) is 56.5 Å². The first-order chi connectivity index (χ1) is 20.9. The summed E-state index contributed by atoms with van der Waals surface area (Å²) < 4.78 is 12.2. The van der Waals surface area contributed by atoms with Crippen molar-refractivity contribution in [2.24, 2.45) is 11.8 Å². The summed E-state index contributed by atoms with van der Waals surface area (Å²) in [5.41, 5.74) is 1.29. The van der Waals surface area contributed by atoms with Gasteiger partial charge in [0.2, 0.25) is 5.91 Å². The maximum Gasteiger partial charge on any atom is 0.312 e. The maximum atomic E-state index is 14.7. The van der Waals surface area contributed by atoms with Gasteiger partial charge in [-0.3, -0.25) is 14.4 Å². The van der Waals surface area contributed by atoms with Gasteiger partial charge in [-0.25, -0.2) is 0 Å². The summed E-state index contributed by atoms with van der Waals surface area (Å²) in [7, 11) is 0. The molecule has 1 unspecified atom stereocenters. The minimum Gasteiger partial charge on any atom is -0.465 e. The zero-order valence-corrected chi connectivity index (χ0v) is 24.7. The predicted molar refractivity (Wildman–Crippen MR) is 162 cm³/mol. The Morgan fingerprint density at radius 1 is 1.00 bits per heavy atom. The number of aliphatic hydroxyl groups is 1. The number of aliphatic hydroxyl groups excluding tert-OH is 1. The fourth-order valence-electron chi connectivity index (χ4n) is 7.24. The molecule has 1 spiro atoms. The number of hydrogen-bond acceptors (Lipinski definition) is 7. The molecular formula is C34H39N3O6. The van der Waals surface area contributed by atoms with E-state index in [0.29, 0.717) is 18.5 Å². The molecule has 226 valence electrons. The SMILES string of the molecule is CCN(CC)c1ccc(N2CC=C[C@]34O[C@@H]5C=CCCOC(=O)[C@@H]5[C@H]3C(=O)N([C@@H](CO)Cc3ccccc3)C4C2=O)cc1. The first-order valence-electron chi connectivity index (χ1n) is 15.3. The summed E-state index contributed by atoms with van der Waals surface area (Å²) in [6.45, 7) is 6.08. The fraction of sp³-hybridized carbons (Fsp3) is 0.441. The molecule has 4 aliphatic heterocycles. The Kier molecular flexibility index (Phi) is 8.11. The van der Waals surface area contributed by atoms with Crippen LogP contribution in [0.4, 0.5) is 11.4 Å². The minimum atomic E-state index is -1.39. The molecular weight excluding hydrogens is 546 g/mol. The highest BCUT2D eigenvalue weighted by Gasteiger charge is 2.72. The van der Waals surface area contributed by atoms with Gasteiger partial charge in [0.05, 0.1) is 31.3 Å². The average Bonchev–Trinajstić information content (AvgIpc) is 3.40. The summed E-state index contributed by atoms with van der Waals surface area (Å²) in [6, 6.07) is 15.6. The van der Waals surface area contributed by atoms with E-state index < -0.39 is 41.6 Å². The van der Waals surface area contributed by atoms with Crippen LogP contribution in [0.3, 0.4) is 0 Å². The van der Waals surface area contributed by atoms with Crippen LogP contribution < -0.4 is 9.80 Å². The van der Waals surface area contributed by atoms with Gasteiger partial charge >= 0.3 is 5.97 Å². The van der Waals surface area contributed by atoms with E-state index in [1.807, 2.05) is 78.9 Å². The van der Waals surface area contributed by atoms with Gasteiger partial charge < -0.3 is 29.3 Å². The third-order valence-electron chi connectivity index (χ3n) is 9.27. The van der Waals surface area contributed by atoms with Gasteiger partial charge in [-0.2, -0.15) is 0 Å². The molecule has 2 saturated heterocycles. The number of likely N-dealkylation sites (tertiary alicyclic amines) is 1. The van der Waals surface area contributed by atoms with Crippen LogP contribution in [-0.2, 0) is 30.3 Å². The van der Waals surface area contributed by atoms with Gasteiger partial charge in [0.15, 0.2) is 0 Å². The third-order valence-corrected chi connectivity index (χ3v) is 9.27. The largest absolute Gasteiger partial charge is 0.465 e. The number of cyclic esters (lactones) is 1. The van der Waals surface area contributed by atoms with E-state index >= 15 is 0 Å². The highest BCUT2D eigenvalue weighted by Crippen LogP contribution is 2.54. The molecule has 0 aromatic heterocycles. The minimum absolute atomic E-state index is 0.221. The summed E-state index contributed by atoms with van der Waals surface area (Å²) >= 11 is 0. The van der Waals surface area contributed by atoms with Crippen LogP contribution in [0.25, 0.3) is 0 Å². The van der Waals surface area contributed by atoms with E-state index in [1.54, 1.807) is 4.90 Å². The number of nitrogens with zero attached hydrogens (tertiary/aromatic N) is 3. The van der Waals surface area contributed by atoms with Gasteiger partial charge in [-0.1, -0.05) is 54.6 Å². The lowest BCUT2D eigenvalue weighted by molar-refractivity contribution is -0.155. The summed E-state index contributed by atoms with van der Waals surface area (Å²) in [6.07, 6.45) is 7.59. The molecule has 6 atom stereocenters. The van der Waals surface area contributed by atoms with Crippen LogP contribution >= 0.6 is 0 Å². The first kappa shape index (κ1) is 29.1. The Bertz CT molecular complexity index is 1400. The molecule has 2 aromatic carbocycles. The van der Waals surface area contributed by atoms with Crippen molar-refractivity contribution in [3.63, 3.8) is 0 Å². The summed E-state index contributed by atoms with van der Waals surface area (Å²) in [5.74, 6) is -3.05. The van der Waals surface area contributed by atoms with E-state index in [4.69, 9.17) is 9.47 Å². The number of benzene rings is 2. The molecule has 0 saturated carbocycles. The normalized spacial score (nSPS) is 28.9. The first-order valence-corrected chi connectivity index (χ1v) is 15.3. The second-order valence-corrected chi connectivity index (χ2v) is 11.5. The lowest BCUT2D eigenvalue weighted by Gasteiger charge is -2.38. The fourth-order valence-corrected chi connectivity index (χ4v) is 7.24. The number of carbonyl (C=O) groups is 3. The number of fused-ring (bicyclic) bond motifs is 2. The second kappa shape index (κ2) is 12.0. The van der Waals surface area contributed by atoms with E-state index in [2.05, 4.69) is 18.7 Å². The zero-order chi connectivity index (χ0) is 30.1. The number of carbonyl (C=O) groups excluding carboxylic acids is 3. The molecule has 6 rings (SSSR count).